The van der Waals surface area contributed by atoms with E-state index in [9.17, 15) is 4.79 Å². The maximum Gasteiger partial charge on any atom is 0.349 e. The van der Waals surface area contributed by atoms with Crippen LogP contribution in [0, 0.1) is 13.8 Å². The molecule has 5 heteroatoms. The summed E-state index contributed by atoms with van der Waals surface area (Å²) in [6, 6.07) is 6.36. The van der Waals surface area contributed by atoms with Crippen LogP contribution in [0.1, 0.15) is 33.4 Å². The predicted molar refractivity (Wildman–Crippen MR) is 88.7 cm³/mol. The number of carbonyl (C=O) groups is 1. The number of aromatic nitrogens is 2. The minimum absolute atomic E-state index is 0.291. The highest BCUT2D eigenvalue weighted by Crippen LogP contribution is 2.30. The Bertz CT molecular complexity index is 861. The summed E-state index contributed by atoms with van der Waals surface area (Å²) < 4.78 is 6.87. The first-order valence-electron chi connectivity index (χ1n) is 7.21. The third-order valence-corrected chi connectivity index (χ3v) is 4.87. The molecule has 4 nitrogen and oxygen atoms in total. The molecular formula is C17H18N2O2S. The van der Waals surface area contributed by atoms with Gasteiger partial charge < -0.3 is 4.74 Å². The van der Waals surface area contributed by atoms with Crippen molar-refractivity contribution in [3.8, 4) is 11.3 Å². The molecule has 22 heavy (non-hydrogen) atoms. The first-order chi connectivity index (χ1) is 10.5. The quantitative estimate of drug-likeness (QED) is 0.686. The van der Waals surface area contributed by atoms with Crippen LogP contribution in [0.25, 0.3) is 16.2 Å². The van der Waals surface area contributed by atoms with Crippen LogP contribution in [0.15, 0.2) is 24.4 Å². The van der Waals surface area contributed by atoms with Crippen molar-refractivity contribution >= 4 is 22.3 Å². The molecule has 3 aromatic rings. The van der Waals surface area contributed by atoms with Crippen molar-refractivity contribution in [3.05, 3.63) is 46.1 Å². The summed E-state index contributed by atoms with van der Waals surface area (Å²) in [4.78, 5) is 18.0. The zero-order valence-electron chi connectivity index (χ0n) is 13.1. The first kappa shape index (κ1) is 14.8. The average molecular weight is 314 g/mol. The molecule has 0 atom stereocenters. The van der Waals surface area contributed by atoms with Crippen LogP contribution in [-0.2, 0) is 11.2 Å². The highest BCUT2D eigenvalue weighted by Gasteiger charge is 2.20. The number of fused-ring (bicyclic) bond motifs is 1. The number of thiazole rings is 1. The maximum atomic E-state index is 11.9. The molecule has 0 spiro atoms. The Kier molecular flexibility index (Phi) is 3.74. The predicted octanol–water partition coefficient (Wildman–Crippen LogP) is 4.03. The van der Waals surface area contributed by atoms with Gasteiger partial charge in [-0.3, -0.25) is 4.40 Å². The summed E-state index contributed by atoms with van der Waals surface area (Å²) in [5.74, 6) is -0.291. The smallest absolute Gasteiger partial charge is 0.349 e. The van der Waals surface area contributed by atoms with Crippen molar-refractivity contribution in [3.63, 3.8) is 0 Å². The number of imidazole rings is 1. The number of methoxy groups -OCH3 is 1. The van der Waals surface area contributed by atoms with Crippen molar-refractivity contribution in [1.82, 2.24) is 9.38 Å². The molecule has 3 rings (SSSR count). The van der Waals surface area contributed by atoms with E-state index in [-0.39, 0.29) is 5.97 Å². The third kappa shape index (κ3) is 2.31. The Morgan fingerprint density at radius 2 is 2.14 bits per heavy atom. The lowest BCUT2D eigenvalue weighted by molar-refractivity contribution is 0.0604. The van der Waals surface area contributed by atoms with Crippen LogP contribution in [0.2, 0.25) is 0 Å². The Hall–Kier alpha value is -2.14. The van der Waals surface area contributed by atoms with E-state index in [2.05, 4.69) is 32.0 Å². The second-order valence-electron chi connectivity index (χ2n) is 5.32. The van der Waals surface area contributed by atoms with Gasteiger partial charge in [-0.2, -0.15) is 0 Å². The second-order valence-corrected chi connectivity index (χ2v) is 6.30. The molecule has 0 aliphatic heterocycles. The van der Waals surface area contributed by atoms with Gasteiger partial charge in [0.15, 0.2) is 4.96 Å². The van der Waals surface area contributed by atoms with Crippen LogP contribution in [-0.4, -0.2) is 22.5 Å². The monoisotopic (exact) mass is 314 g/mol. The number of hydrogen-bond acceptors (Lipinski definition) is 4. The molecule has 0 aliphatic carbocycles. The highest BCUT2D eigenvalue weighted by molar-refractivity contribution is 7.19. The fourth-order valence-corrected chi connectivity index (χ4v) is 3.73. The van der Waals surface area contributed by atoms with Gasteiger partial charge in [0.05, 0.1) is 12.8 Å². The number of aryl methyl sites for hydroxylation is 3. The molecule has 0 aliphatic rings. The molecule has 0 N–H and O–H groups in total. The van der Waals surface area contributed by atoms with E-state index < -0.39 is 0 Å². The topological polar surface area (TPSA) is 43.6 Å². The van der Waals surface area contributed by atoms with E-state index in [4.69, 9.17) is 9.72 Å². The fourth-order valence-electron chi connectivity index (χ4n) is 2.61. The lowest BCUT2D eigenvalue weighted by Gasteiger charge is -2.04. The largest absolute Gasteiger partial charge is 0.465 e. The van der Waals surface area contributed by atoms with Crippen LogP contribution in [0.5, 0.6) is 0 Å². The SMILES string of the molecule is CCc1c(C(=O)OC)sc2nc(-c3cc(C)ccc3C)cn12. The molecule has 2 heterocycles. The van der Waals surface area contributed by atoms with Crippen molar-refractivity contribution in [2.24, 2.45) is 0 Å². The Morgan fingerprint density at radius 3 is 2.82 bits per heavy atom. The number of nitrogens with zero attached hydrogens (tertiary/aromatic N) is 2. The first-order valence-corrected chi connectivity index (χ1v) is 8.03. The molecule has 0 bridgehead atoms. The van der Waals surface area contributed by atoms with Crippen LogP contribution < -0.4 is 0 Å². The van der Waals surface area contributed by atoms with Gasteiger partial charge in [-0.05, 0) is 31.9 Å². The molecule has 0 amide bonds. The van der Waals surface area contributed by atoms with Crippen molar-refractivity contribution in [2.45, 2.75) is 27.2 Å². The molecular weight excluding hydrogens is 296 g/mol. The summed E-state index contributed by atoms with van der Waals surface area (Å²) in [6.07, 6.45) is 2.77. The minimum atomic E-state index is -0.291. The van der Waals surface area contributed by atoms with Crippen molar-refractivity contribution in [1.29, 1.82) is 0 Å². The normalized spacial score (nSPS) is 11.1. The number of hydrogen-bond donors (Lipinski definition) is 0. The number of ether oxygens (including phenoxy) is 1. The molecule has 2 aromatic heterocycles. The summed E-state index contributed by atoms with van der Waals surface area (Å²) >= 11 is 1.38. The highest BCUT2D eigenvalue weighted by atomic mass is 32.1. The van der Waals surface area contributed by atoms with E-state index in [0.29, 0.717) is 4.88 Å². The van der Waals surface area contributed by atoms with Gasteiger partial charge in [0, 0.05) is 17.5 Å². The van der Waals surface area contributed by atoms with Crippen LogP contribution >= 0.6 is 11.3 Å². The maximum absolute atomic E-state index is 11.9. The van der Waals surface area contributed by atoms with Gasteiger partial charge in [-0.25, -0.2) is 9.78 Å². The third-order valence-electron chi connectivity index (χ3n) is 3.79. The van der Waals surface area contributed by atoms with Crippen LogP contribution in [0.4, 0.5) is 0 Å². The van der Waals surface area contributed by atoms with Gasteiger partial charge in [-0.1, -0.05) is 36.0 Å². The van der Waals surface area contributed by atoms with E-state index in [1.54, 1.807) is 0 Å². The summed E-state index contributed by atoms with van der Waals surface area (Å²) in [6.45, 7) is 6.20. The molecule has 0 fully saturated rings. The molecule has 0 unspecified atom stereocenters. The van der Waals surface area contributed by atoms with Gasteiger partial charge in [-0.15, -0.1) is 0 Å². The number of benzene rings is 1. The average Bonchev–Trinajstić information content (AvgIpc) is 3.06. The van der Waals surface area contributed by atoms with Crippen molar-refractivity contribution in [2.75, 3.05) is 7.11 Å². The molecule has 114 valence electrons. The van der Waals surface area contributed by atoms with E-state index in [1.165, 1.54) is 29.6 Å². The summed E-state index contributed by atoms with van der Waals surface area (Å²) in [5.41, 5.74) is 5.44. The lowest BCUT2D eigenvalue weighted by atomic mass is 10.0. The number of carbonyl (C=O) groups excluding carboxylic acids is 1. The van der Waals surface area contributed by atoms with Gasteiger partial charge in [0.2, 0.25) is 0 Å². The second kappa shape index (κ2) is 5.57. The zero-order valence-corrected chi connectivity index (χ0v) is 14.0. The fraction of sp³-hybridized carbons (Fsp3) is 0.294. The number of esters is 1. The zero-order chi connectivity index (χ0) is 15.9. The summed E-state index contributed by atoms with van der Waals surface area (Å²) in [5, 5.41) is 0. The molecule has 0 saturated heterocycles. The Labute approximate surface area is 133 Å². The number of rotatable bonds is 3. The molecule has 0 saturated carbocycles. The standard InChI is InChI=1S/C17H18N2O2S/c1-5-14-15(16(20)21-4)22-17-18-13(9-19(14)17)12-8-10(2)6-7-11(12)3/h6-9H,5H2,1-4H3. The van der Waals surface area contributed by atoms with Crippen LogP contribution in [0.3, 0.4) is 0 Å². The van der Waals surface area contributed by atoms with Crippen molar-refractivity contribution < 1.29 is 9.53 Å². The van der Waals surface area contributed by atoms with E-state index >= 15 is 0 Å². The van der Waals surface area contributed by atoms with Gasteiger partial charge in [0.1, 0.15) is 4.88 Å². The molecule has 0 radical (unpaired) electrons. The lowest BCUT2D eigenvalue weighted by Crippen LogP contribution is -2.03. The summed E-state index contributed by atoms with van der Waals surface area (Å²) in [7, 11) is 1.41. The van der Waals surface area contributed by atoms with E-state index in [0.717, 1.165) is 28.3 Å². The Morgan fingerprint density at radius 1 is 1.36 bits per heavy atom. The van der Waals surface area contributed by atoms with E-state index in [1.807, 2.05) is 17.5 Å². The van der Waals surface area contributed by atoms with Gasteiger partial charge >= 0.3 is 5.97 Å². The molecule has 1 aromatic carbocycles. The van der Waals surface area contributed by atoms with Gasteiger partial charge in [0.25, 0.3) is 0 Å². The Balaban J connectivity index is 2.17. The minimum Gasteiger partial charge on any atom is -0.465 e.